The fourth-order valence-corrected chi connectivity index (χ4v) is 2.36. The minimum absolute atomic E-state index is 0. The minimum Gasteiger partial charge on any atom is -0.362 e. The summed E-state index contributed by atoms with van der Waals surface area (Å²) in [6.07, 6.45) is 17.1. The number of nitrogens with zero attached hydrogens (tertiary/aromatic N) is 2. The monoisotopic (exact) mass is 274 g/mol. The molecule has 1 heterocycles. The van der Waals surface area contributed by atoms with Crippen molar-refractivity contribution >= 4 is 12.4 Å². The SMILES string of the molecule is CCCCCCCCCCCN1C=CN(C)C1.Cl. The number of unbranched alkanes of at least 4 members (excludes halogenated alkanes) is 8. The van der Waals surface area contributed by atoms with Crippen LogP contribution in [-0.4, -0.2) is 30.1 Å². The summed E-state index contributed by atoms with van der Waals surface area (Å²) in [5, 5.41) is 0. The molecule has 0 fully saturated rings. The van der Waals surface area contributed by atoms with Gasteiger partial charge < -0.3 is 9.80 Å². The van der Waals surface area contributed by atoms with Gasteiger partial charge in [0.25, 0.3) is 0 Å². The first-order chi connectivity index (χ1) is 8.33. The molecule has 0 spiro atoms. The maximum Gasteiger partial charge on any atom is 0.0890 e. The second-order valence-corrected chi connectivity index (χ2v) is 5.34. The molecule has 0 aliphatic carbocycles. The van der Waals surface area contributed by atoms with Crippen LogP contribution < -0.4 is 0 Å². The number of hydrogen-bond donors (Lipinski definition) is 0. The van der Waals surface area contributed by atoms with Crippen LogP contribution in [0.1, 0.15) is 64.7 Å². The van der Waals surface area contributed by atoms with Crippen LogP contribution in [0.25, 0.3) is 0 Å². The van der Waals surface area contributed by atoms with Gasteiger partial charge in [-0.25, -0.2) is 0 Å². The van der Waals surface area contributed by atoms with Crippen LogP contribution >= 0.6 is 12.4 Å². The maximum atomic E-state index is 2.40. The van der Waals surface area contributed by atoms with Gasteiger partial charge >= 0.3 is 0 Å². The minimum atomic E-state index is 0. The first kappa shape index (κ1) is 17.6. The van der Waals surface area contributed by atoms with Crippen molar-refractivity contribution in [2.24, 2.45) is 0 Å². The molecule has 1 rings (SSSR count). The van der Waals surface area contributed by atoms with E-state index >= 15 is 0 Å². The summed E-state index contributed by atoms with van der Waals surface area (Å²) in [6, 6.07) is 0. The predicted molar refractivity (Wildman–Crippen MR) is 83.0 cm³/mol. The van der Waals surface area contributed by atoms with Crippen molar-refractivity contribution in [3.05, 3.63) is 12.4 Å². The smallest absolute Gasteiger partial charge is 0.0890 e. The van der Waals surface area contributed by atoms with Gasteiger partial charge in [0.2, 0.25) is 0 Å². The van der Waals surface area contributed by atoms with Gasteiger partial charge in [0.1, 0.15) is 0 Å². The summed E-state index contributed by atoms with van der Waals surface area (Å²) in [7, 11) is 2.13. The molecule has 0 N–H and O–H groups in total. The summed E-state index contributed by atoms with van der Waals surface area (Å²) < 4.78 is 0. The van der Waals surface area contributed by atoms with Crippen molar-refractivity contribution in [1.82, 2.24) is 9.80 Å². The lowest BCUT2D eigenvalue weighted by atomic mass is 10.1. The van der Waals surface area contributed by atoms with Gasteiger partial charge in [-0.1, -0.05) is 58.3 Å². The molecule has 0 radical (unpaired) electrons. The molecule has 3 heteroatoms. The molecule has 1 aliphatic rings. The average Bonchev–Trinajstić information content (AvgIpc) is 2.73. The van der Waals surface area contributed by atoms with Crippen molar-refractivity contribution in [3.8, 4) is 0 Å². The summed E-state index contributed by atoms with van der Waals surface area (Å²) >= 11 is 0. The molecule has 18 heavy (non-hydrogen) atoms. The molecule has 0 aromatic carbocycles. The maximum absolute atomic E-state index is 2.40. The molecule has 108 valence electrons. The number of rotatable bonds is 10. The Morgan fingerprint density at radius 2 is 1.39 bits per heavy atom. The van der Waals surface area contributed by atoms with Crippen LogP contribution in [0, 0.1) is 0 Å². The van der Waals surface area contributed by atoms with Gasteiger partial charge in [-0.2, -0.15) is 0 Å². The highest BCUT2D eigenvalue weighted by atomic mass is 35.5. The Balaban J connectivity index is 0.00000289. The predicted octanol–water partition coefficient (Wildman–Crippen LogP) is 4.62. The molecule has 0 saturated heterocycles. The van der Waals surface area contributed by atoms with E-state index in [1.807, 2.05) is 0 Å². The van der Waals surface area contributed by atoms with E-state index in [1.165, 1.54) is 64.3 Å². The van der Waals surface area contributed by atoms with Gasteiger partial charge in [-0.15, -0.1) is 12.4 Å². The Morgan fingerprint density at radius 1 is 0.833 bits per heavy atom. The van der Waals surface area contributed by atoms with Crippen molar-refractivity contribution in [1.29, 1.82) is 0 Å². The fraction of sp³-hybridized carbons (Fsp3) is 0.867. The first-order valence-corrected chi connectivity index (χ1v) is 7.45. The number of hydrogen-bond acceptors (Lipinski definition) is 2. The second kappa shape index (κ2) is 11.7. The largest absolute Gasteiger partial charge is 0.362 e. The van der Waals surface area contributed by atoms with Crippen molar-refractivity contribution < 1.29 is 0 Å². The first-order valence-electron chi connectivity index (χ1n) is 7.45. The molecule has 2 nitrogen and oxygen atoms in total. The summed E-state index contributed by atoms with van der Waals surface area (Å²) in [5.41, 5.74) is 0. The van der Waals surface area contributed by atoms with Crippen LogP contribution in [-0.2, 0) is 0 Å². The van der Waals surface area contributed by atoms with Gasteiger partial charge in [0.15, 0.2) is 0 Å². The van der Waals surface area contributed by atoms with Crippen LogP contribution in [0.15, 0.2) is 12.4 Å². The molecular weight excluding hydrogens is 244 g/mol. The van der Waals surface area contributed by atoms with E-state index in [0.717, 1.165) is 6.67 Å². The van der Waals surface area contributed by atoms with Crippen LogP contribution in [0.5, 0.6) is 0 Å². The van der Waals surface area contributed by atoms with E-state index in [9.17, 15) is 0 Å². The van der Waals surface area contributed by atoms with E-state index in [1.54, 1.807) is 0 Å². The molecule has 0 bridgehead atoms. The molecule has 0 saturated carbocycles. The van der Waals surface area contributed by atoms with Gasteiger partial charge in [0.05, 0.1) is 6.67 Å². The summed E-state index contributed by atoms with van der Waals surface area (Å²) in [5.74, 6) is 0. The molecule has 0 atom stereocenters. The van der Waals surface area contributed by atoms with Gasteiger partial charge in [-0.05, 0) is 6.42 Å². The van der Waals surface area contributed by atoms with Crippen molar-refractivity contribution in [3.63, 3.8) is 0 Å². The lowest BCUT2D eigenvalue weighted by molar-refractivity contribution is 0.290. The molecule has 1 aliphatic heterocycles. The third-order valence-electron chi connectivity index (χ3n) is 3.49. The molecule has 0 aromatic heterocycles. The molecule has 0 aromatic rings. The number of halogens is 1. The van der Waals surface area contributed by atoms with Gasteiger partial charge in [-0.3, -0.25) is 0 Å². The molecule has 0 unspecified atom stereocenters. The normalized spacial score (nSPS) is 14.1. The van der Waals surface area contributed by atoms with E-state index < -0.39 is 0 Å². The van der Waals surface area contributed by atoms with Crippen LogP contribution in [0.2, 0.25) is 0 Å². The third kappa shape index (κ3) is 8.68. The standard InChI is InChI=1S/C15H30N2.ClH/c1-3-4-5-6-7-8-9-10-11-12-17-14-13-16(2)15-17;/h13-14H,3-12,15H2,1-2H3;1H. The highest BCUT2D eigenvalue weighted by Crippen LogP contribution is 2.11. The van der Waals surface area contributed by atoms with Crippen LogP contribution in [0.4, 0.5) is 0 Å². The van der Waals surface area contributed by atoms with E-state index in [-0.39, 0.29) is 12.4 Å². The molecular formula is C15H31ClN2. The highest BCUT2D eigenvalue weighted by Gasteiger charge is 2.06. The second-order valence-electron chi connectivity index (χ2n) is 5.34. The summed E-state index contributed by atoms with van der Waals surface area (Å²) in [6.45, 7) is 4.60. The van der Waals surface area contributed by atoms with Crippen molar-refractivity contribution in [2.75, 3.05) is 20.3 Å². The third-order valence-corrected chi connectivity index (χ3v) is 3.49. The Bertz CT molecular complexity index is 207. The lowest BCUT2D eigenvalue weighted by Crippen LogP contribution is -2.23. The van der Waals surface area contributed by atoms with Gasteiger partial charge in [0, 0.05) is 26.0 Å². The Hall–Kier alpha value is -0.370. The quantitative estimate of drug-likeness (QED) is 0.537. The van der Waals surface area contributed by atoms with E-state index in [0.29, 0.717) is 0 Å². The Labute approximate surface area is 120 Å². The average molecular weight is 275 g/mol. The zero-order valence-corrected chi connectivity index (χ0v) is 13.1. The van der Waals surface area contributed by atoms with E-state index in [4.69, 9.17) is 0 Å². The Morgan fingerprint density at radius 3 is 1.89 bits per heavy atom. The Kier molecular flexibility index (Phi) is 11.5. The van der Waals surface area contributed by atoms with Crippen molar-refractivity contribution in [2.45, 2.75) is 64.7 Å². The topological polar surface area (TPSA) is 6.48 Å². The zero-order valence-electron chi connectivity index (χ0n) is 12.2. The zero-order chi connectivity index (χ0) is 12.3. The summed E-state index contributed by atoms with van der Waals surface area (Å²) in [4.78, 5) is 4.63. The lowest BCUT2D eigenvalue weighted by Gasteiger charge is -2.17. The van der Waals surface area contributed by atoms with Crippen LogP contribution in [0.3, 0.4) is 0 Å². The highest BCUT2D eigenvalue weighted by molar-refractivity contribution is 5.85. The molecule has 0 amide bonds. The van der Waals surface area contributed by atoms with E-state index in [2.05, 4.69) is 36.2 Å². The fourth-order valence-electron chi connectivity index (χ4n) is 2.36.